The van der Waals surface area contributed by atoms with Crippen LogP contribution in [0.1, 0.15) is 112 Å². The van der Waals surface area contributed by atoms with E-state index < -0.39 is 29.7 Å². The summed E-state index contributed by atoms with van der Waals surface area (Å²) in [5, 5.41) is 0. The van der Waals surface area contributed by atoms with Crippen molar-refractivity contribution in [2.24, 2.45) is 0 Å². The van der Waals surface area contributed by atoms with E-state index in [0.717, 1.165) is 63.0 Å². The Hall–Kier alpha value is -5.52. The molecule has 4 heterocycles. The first-order valence-corrected chi connectivity index (χ1v) is 24.1. The van der Waals surface area contributed by atoms with Gasteiger partial charge in [-0.3, -0.25) is 19.5 Å². The van der Waals surface area contributed by atoms with Crippen molar-refractivity contribution in [1.29, 1.82) is 0 Å². The zero-order valence-corrected chi connectivity index (χ0v) is 39.6. The van der Waals surface area contributed by atoms with Crippen LogP contribution in [0.2, 0.25) is 0 Å². The van der Waals surface area contributed by atoms with Crippen LogP contribution in [-0.4, -0.2) is 127 Å². The van der Waals surface area contributed by atoms with Gasteiger partial charge in [-0.15, -0.1) is 0 Å². The number of carbonyl (C=O) groups excluding carboxylic acids is 4. The predicted molar refractivity (Wildman–Crippen MR) is 257 cm³/mol. The summed E-state index contributed by atoms with van der Waals surface area (Å²) in [7, 11) is 2.80. The van der Waals surface area contributed by atoms with Crippen molar-refractivity contribution in [2.75, 3.05) is 53.5 Å². The Labute approximate surface area is 392 Å². The maximum Gasteiger partial charge on any atom is 0.411 e. The van der Waals surface area contributed by atoms with Crippen molar-refractivity contribution in [1.82, 2.24) is 19.6 Å². The van der Waals surface area contributed by atoms with Gasteiger partial charge in [-0.25, -0.2) is 14.4 Å². The third-order valence-corrected chi connectivity index (χ3v) is 14.0. The van der Waals surface area contributed by atoms with Crippen LogP contribution >= 0.6 is 0 Å². The highest BCUT2D eigenvalue weighted by atomic mass is 16.6. The van der Waals surface area contributed by atoms with E-state index in [2.05, 4.69) is 70.5 Å². The molecule has 0 unspecified atom stereocenters. The molecule has 4 aliphatic heterocycles. The number of rotatable bonds is 9. The molecule has 8 rings (SSSR count). The van der Waals surface area contributed by atoms with Gasteiger partial charge in [0.15, 0.2) is 0 Å². The topological polar surface area (TPSA) is 109 Å². The molecule has 0 radical (unpaired) electrons. The number of methoxy groups -OCH3 is 2. The third kappa shape index (κ3) is 12.3. The normalized spacial score (nSPS) is 24.1. The highest BCUT2D eigenvalue weighted by molar-refractivity contribution is 5.91. The summed E-state index contributed by atoms with van der Waals surface area (Å²) in [6.07, 6.45) is 7.13. The molecule has 4 aliphatic rings. The van der Waals surface area contributed by atoms with Crippen molar-refractivity contribution in [3.63, 3.8) is 0 Å². The summed E-state index contributed by atoms with van der Waals surface area (Å²) in [6, 6.07) is 40.5. The zero-order valence-electron chi connectivity index (χ0n) is 39.6. The second-order valence-electron chi connectivity index (χ2n) is 19.4. The average Bonchev–Trinajstić information content (AvgIpc) is 3.36. The first-order valence-electron chi connectivity index (χ1n) is 24.1. The lowest BCUT2D eigenvalue weighted by Crippen LogP contribution is -2.57. The third-order valence-electron chi connectivity index (χ3n) is 14.0. The van der Waals surface area contributed by atoms with E-state index in [1.165, 1.54) is 38.2 Å². The van der Waals surface area contributed by atoms with E-state index in [-0.39, 0.29) is 29.9 Å². The van der Waals surface area contributed by atoms with Gasteiger partial charge in [0.2, 0.25) is 5.91 Å². The van der Waals surface area contributed by atoms with Gasteiger partial charge in [-0.2, -0.15) is 0 Å². The van der Waals surface area contributed by atoms with E-state index in [1.54, 1.807) is 9.80 Å². The van der Waals surface area contributed by atoms with Crippen LogP contribution in [0.25, 0.3) is 0 Å². The number of ether oxygens (including phenoxy) is 3. The van der Waals surface area contributed by atoms with Crippen molar-refractivity contribution in [3.05, 3.63) is 144 Å². The molecular formula is C55H70N4O7. The Morgan fingerprint density at radius 2 is 0.924 bits per heavy atom. The van der Waals surface area contributed by atoms with E-state index >= 15 is 0 Å². The first kappa shape index (κ1) is 48.4. The number of piperidine rings is 4. The molecule has 4 saturated heterocycles. The maximum absolute atomic E-state index is 14.2. The monoisotopic (exact) mass is 899 g/mol. The van der Waals surface area contributed by atoms with Gasteiger partial charge in [0.25, 0.3) is 0 Å². The second-order valence-corrected chi connectivity index (χ2v) is 19.4. The summed E-state index contributed by atoms with van der Waals surface area (Å²) in [6.45, 7) is 10.6. The Morgan fingerprint density at radius 1 is 0.530 bits per heavy atom. The summed E-state index contributed by atoms with van der Waals surface area (Å²) in [4.78, 5) is 60.7. The van der Waals surface area contributed by atoms with Crippen molar-refractivity contribution < 1.29 is 33.4 Å². The molecule has 2 amide bonds. The van der Waals surface area contributed by atoms with Crippen LogP contribution in [0.3, 0.4) is 0 Å². The number of hydrogen-bond donors (Lipinski definition) is 0. The number of benzene rings is 4. The highest BCUT2D eigenvalue weighted by Crippen LogP contribution is 2.36. The quantitative estimate of drug-likeness (QED) is 0.120. The SMILES string of the molecule is COC(=O)[C@@H]1C[C@H](N2CCC[C@H](c3ccccc3)C2)CCN1C(=O)C(c1ccccc1)c1ccccc1.COC(=O)[C@@H]1C[C@H](N2CCC[C@H](c3ccccc3)C2)CCN1C(=O)OC(C)(C)C. The van der Waals surface area contributed by atoms with Crippen LogP contribution < -0.4 is 0 Å². The van der Waals surface area contributed by atoms with Gasteiger partial charge in [-0.1, -0.05) is 121 Å². The Bertz CT molecular complexity index is 2130. The fourth-order valence-corrected chi connectivity index (χ4v) is 10.7. The Morgan fingerprint density at radius 3 is 1.33 bits per heavy atom. The standard InChI is InChI=1S/C32H36N2O3.C23H34N2O4/c1-37-32(36)29-22-28(33-20-11-18-27(23-33)24-12-5-2-6-13-24)19-21-34(29)31(35)30(25-14-7-3-8-15-25)26-16-9-4-10-17-26;1-23(2,3)29-22(27)25-14-12-19(15-20(25)21(26)28-4)24-13-8-11-18(16-24)17-9-6-5-7-10-17/h2-10,12-17,27-30H,11,18-23H2,1H3;5-7,9-10,18-20H,8,11-16H2,1-4H3/t27-,28+,29-;18-,19+,20-/m00/s1. The number of amides is 2. The minimum absolute atomic E-state index is 0.0351. The molecule has 0 bridgehead atoms. The number of esters is 2. The Kier molecular flexibility index (Phi) is 16.7. The van der Waals surface area contributed by atoms with Gasteiger partial charge in [0.1, 0.15) is 17.7 Å². The molecule has 0 N–H and O–H groups in total. The summed E-state index contributed by atoms with van der Waals surface area (Å²) in [5.41, 5.74) is 4.05. The number of carbonyl (C=O) groups is 4. The van der Waals surface area contributed by atoms with Crippen LogP contribution in [0.5, 0.6) is 0 Å². The summed E-state index contributed by atoms with van der Waals surface area (Å²) < 4.78 is 15.8. The van der Waals surface area contributed by atoms with Crippen molar-refractivity contribution in [3.8, 4) is 0 Å². The minimum atomic E-state index is -0.593. The van der Waals surface area contributed by atoms with E-state index in [9.17, 15) is 19.2 Å². The molecule has 66 heavy (non-hydrogen) atoms. The zero-order chi connectivity index (χ0) is 46.6. The number of hydrogen-bond acceptors (Lipinski definition) is 9. The lowest BCUT2D eigenvalue weighted by Gasteiger charge is -2.45. The molecule has 0 saturated carbocycles. The molecule has 4 aromatic carbocycles. The fraction of sp³-hybridized carbons (Fsp3) is 0.491. The molecule has 6 atom stereocenters. The van der Waals surface area contributed by atoms with Crippen molar-refractivity contribution >= 4 is 23.9 Å². The lowest BCUT2D eigenvalue weighted by atomic mass is 9.86. The molecule has 352 valence electrons. The average molecular weight is 899 g/mol. The van der Waals surface area contributed by atoms with Gasteiger partial charge in [0, 0.05) is 38.3 Å². The summed E-state index contributed by atoms with van der Waals surface area (Å²) >= 11 is 0. The van der Waals surface area contributed by atoms with E-state index in [4.69, 9.17) is 14.2 Å². The van der Waals surface area contributed by atoms with E-state index in [0.29, 0.717) is 37.8 Å². The van der Waals surface area contributed by atoms with Gasteiger partial charge in [0.05, 0.1) is 20.1 Å². The van der Waals surface area contributed by atoms with Crippen LogP contribution in [-0.2, 0) is 28.6 Å². The lowest BCUT2D eigenvalue weighted by molar-refractivity contribution is -0.156. The van der Waals surface area contributed by atoms with Gasteiger partial charge < -0.3 is 19.1 Å². The first-order chi connectivity index (χ1) is 31.9. The largest absolute Gasteiger partial charge is 0.467 e. The van der Waals surface area contributed by atoms with Crippen molar-refractivity contribution in [2.45, 2.75) is 120 Å². The molecule has 11 nitrogen and oxygen atoms in total. The number of nitrogens with zero attached hydrogens (tertiary/aromatic N) is 4. The molecular weight excluding hydrogens is 829 g/mol. The van der Waals surface area contributed by atoms with Gasteiger partial charge in [-0.05, 0) is 119 Å². The van der Waals surface area contributed by atoms with Crippen LogP contribution in [0.15, 0.2) is 121 Å². The maximum atomic E-state index is 14.2. The minimum Gasteiger partial charge on any atom is -0.467 e. The van der Waals surface area contributed by atoms with Crippen LogP contribution in [0.4, 0.5) is 4.79 Å². The van der Waals surface area contributed by atoms with Crippen LogP contribution in [0, 0.1) is 0 Å². The second kappa shape index (κ2) is 22.8. The smallest absolute Gasteiger partial charge is 0.411 e. The van der Waals surface area contributed by atoms with E-state index in [1.807, 2.05) is 81.4 Å². The summed E-state index contributed by atoms with van der Waals surface area (Å²) in [5.74, 6) is -0.153. The number of likely N-dealkylation sites (tertiary alicyclic amines) is 4. The molecule has 0 aromatic heterocycles. The fourth-order valence-electron chi connectivity index (χ4n) is 10.7. The highest BCUT2D eigenvalue weighted by Gasteiger charge is 2.43. The molecule has 4 aromatic rings. The predicted octanol–water partition coefficient (Wildman–Crippen LogP) is 9.04. The molecule has 4 fully saturated rings. The molecule has 0 aliphatic carbocycles. The van der Waals surface area contributed by atoms with Gasteiger partial charge >= 0.3 is 18.0 Å². The molecule has 0 spiro atoms. The Balaban J connectivity index is 0.000000203. The molecule has 11 heteroatoms.